The molecule has 2 aliphatic rings. The van der Waals surface area contributed by atoms with Crippen LogP contribution in [0, 0.1) is 5.41 Å². The van der Waals surface area contributed by atoms with Gasteiger partial charge in [0.1, 0.15) is 5.60 Å². The molecule has 2 saturated heterocycles. The van der Waals surface area contributed by atoms with E-state index in [1.165, 1.54) is 0 Å². The first-order valence-corrected chi connectivity index (χ1v) is 6.45. The fourth-order valence-electron chi connectivity index (χ4n) is 2.61. The van der Waals surface area contributed by atoms with Crippen molar-refractivity contribution in [3.8, 4) is 0 Å². The number of piperidine rings is 1. The number of rotatable bonds is 1. The number of carbonyl (C=O) groups is 1. The van der Waals surface area contributed by atoms with E-state index in [-0.39, 0.29) is 17.5 Å². The highest BCUT2D eigenvalue weighted by Crippen LogP contribution is 2.40. The molecule has 0 aliphatic carbocycles. The van der Waals surface area contributed by atoms with Crippen LogP contribution in [0.3, 0.4) is 0 Å². The molecule has 0 saturated carbocycles. The summed E-state index contributed by atoms with van der Waals surface area (Å²) in [7, 11) is 0. The van der Waals surface area contributed by atoms with E-state index in [4.69, 9.17) is 9.47 Å². The van der Waals surface area contributed by atoms with Crippen LogP contribution in [0.15, 0.2) is 0 Å². The van der Waals surface area contributed by atoms with E-state index in [0.717, 1.165) is 32.4 Å². The van der Waals surface area contributed by atoms with Gasteiger partial charge in [-0.3, -0.25) is 0 Å². The molecule has 98 valence electrons. The Labute approximate surface area is 103 Å². The van der Waals surface area contributed by atoms with Crippen molar-refractivity contribution in [2.45, 2.75) is 51.7 Å². The summed E-state index contributed by atoms with van der Waals surface area (Å²) in [6, 6.07) is 0. The van der Waals surface area contributed by atoms with Crippen molar-refractivity contribution >= 4 is 5.97 Å². The highest BCUT2D eigenvalue weighted by molar-refractivity contribution is 5.75. The molecule has 0 aromatic carbocycles. The van der Waals surface area contributed by atoms with Crippen LogP contribution >= 0.6 is 0 Å². The molecular formula is C13H23NO3. The molecule has 4 nitrogen and oxygen atoms in total. The maximum atomic E-state index is 11.9. The Hall–Kier alpha value is -0.610. The van der Waals surface area contributed by atoms with Crippen LogP contribution in [0.5, 0.6) is 0 Å². The van der Waals surface area contributed by atoms with Gasteiger partial charge in [0, 0.05) is 0 Å². The zero-order valence-corrected chi connectivity index (χ0v) is 11.0. The lowest BCUT2D eigenvalue weighted by Gasteiger charge is -2.32. The van der Waals surface area contributed by atoms with Crippen molar-refractivity contribution in [2.24, 2.45) is 5.41 Å². The fourth-order valence-corrected chi connectivity index (χ4v) is 2.61. The number of ether oxygens (including phenoxy) is 2. The van der Waals surface area contributed by atoms with Gasteiger partial charge in [0.05, 0.1) is 6.61 Å². The minimum Gasteiger partial charge on any atom is -0.458 e. The number of hydrogen-bond donors (Lipinski definition) is 1. The zero-order valence-electron chi connectivity index (χ0n) is 11.0. The first-order valence-electron chi connectivity index (χ1n) is 6.45. The summed E-state index contributed by atoms with van der Waals surface area (Å²) in [5.41, 5.74) is -0.211. The van der Waals surface area contributed by atoms with E-state index in [1.807, 2.05) is 20.8 Å². The molecular weight excluding hydrogens is 218 g/mol. The van der Waals surface area contributed by atoms with E-state index >= 15 is 0 Å². The molecule has 0 bridgehead atoms. The van der Waals surface area contributed by atoms with Gasteiger partial charge in [0.15, 0.2) is 6.10 Å². The van der Waals surface area contributed by atoms with Crippen LogP contribution < -0.4 is 5.32 Å². The third-order valence-electron chi connectivity index (χ3n) is 3.54. The van der Waals surface area contributed by atoms with Crippen LogP contribution in [-0.2, 0) is 14.3 Å². The highest BCUT2D eigenvalue weighted by Gasteiger charge is 2.44. The van der Waals surface area contributed by atoms with E-state index in [9.17, 15) is 4.79 Å². The van der Waals surface area contributed by atoms with Gasteiger partial charge in [-0.15, -0.1) is 0 Å². The normalized spacial score (nSPS) is 28.3. The minimum absolute atomic E-state index is 0.201. The molecule has 1 spiro atoms. The molecule has 0 amide bonds. The second-order valence-corrected chi connectivity index (χ2v) is 6.29. The second kappa shape index (κ2) is 4.58. The molecule has 0 aromatic rings. The fraction of sp³-hybridized carbons (Fsp3) is 0.923. The number of carbonyl (C=O) groups excluding carboxylic acids is 1. The molecule has 2 fully saturated rings. The Morgan fingerprint density at radius 3 is 2.59 bits per heavy atom. The maximum Gasteiger partial charge on any atom is 0.335 e. The Bertz CT molecular complexity index is 290. The molecule has 0 radical (unpaired) electrons. The van der Waals surface area contributed by atoms with Gasteiger partial charge in [-0.25, -0.2) is 4.79 Å². The predicted octanol–water partition coefficient (Wildman–Crippen LogP) is 1.49. The lowest BCUT2D eigenvalue weighted by Crippen LogP contribution is -2.38. The Kier molecular flexibility index (Phi) is 3.46. The zero-order chi connectivity index (χ0) is 12.5. The largest absolute Gasteiger partial charge is 0.458 e. The smallest absolute Gasteiger partial charge is 0.335 e. The molecule has 17 heavy (non-hydrogen) atoms. The van der Waals surface area contributed by atoms with Crippen molar-refractivity contribution in [3.63, 3.8) is 0 Å². The van der Waals surface area contributed by atoms with Crippen molar-refractivity contribution in [3.05, 3.63) is 0 Å². The van der Waals surface area contributed by atoms with E-state index in [1.54, 1.807) is 0 Å². The summed E-state index contributed by atoms with van der Waals surface area (Å²) >= 11 is 0. The molecule has 0 aromatic heterocycles. The summed E-state index contributed by atoms with van der Waals surface area (Å²) in [5, 5.41) is 3.35. The third-order valence-corrected chi connectivity index (χ3v) is 3.54. The SMILES string of the molecule is CC(C)(C)OC(=O)C1CC2(CCNCC2)CO1. The lowest BCUT2D eigenvalue weighted by atomic mass is 9.77. The predicted molar refractivity (Wildman–Crippen MR) is 64.7 cm³/mol. The van der Waals surface area contributed by atoms with Crippen LogP contribution in [0.1, 0.15) is 40.0 Å². The van der Waals surface area contributed by atoms with Crippen molar-refractivity contribution in [1.29, 1.82) is 0 Å². The van der Waals surface area contributed by atoms with Gasteiger partial charge >= 0.3 is 5.97 Å². The number of hydrogen-bond acceptors (Lipinski definition) is 4. The summed E-state index contributed by atoms with van der Waals surface area (Å²) < 4.78 is 11.0. The monoisotopic (exact) mass is 241 g/mol. The summed E-state index contributed by atoms with van der Waals surface area (Å²) in [6.45, 7) is 8.44. The summed E-state index contributed by atoms with van der Waals surface area (Å²) in [6.07, 6.45) is 2.68. The van der Waals surface area contributed by atoms with Crippen LogP contribution in [0.25, 0.3) is 0 Å². The molecule has 2 aliphatic heterocycles. The number of esters is 1. The first kappa shape index (κ1) is 12.8. The van der Waals surface area contributed by atoms with E-state index in [0.29, 0.717) is 6.61 Å². The highest BCUT2D eigenvalue weighted by atomic mass is 16.6. The average Bonchev–Trinajstić information content (AvgIpc) is 2.61. The van der Waals surface area contributed by atoms with Crippen molar-refractivity contribution < 1.29 is 14.3 Å². The molecule has 1 unspecified atom stereocenters. The Balaban J connectivity index is 1.91. The standard InChI is InChI=1S/C13H23NO3/c1-12(2,3)17-11(15)10-8-13(9-16-10)4-6-14-7-5-13/h10,14H,4-9H2,1-3H3. The van der Waals surface area contributed by atoms with E-state index < -0.39 is 5.60 Å². The third kappa shape index (κ3) is 3.19. The van der Waals surface area contributed by atoms with Gasteiger partial charge in [0.2, 0.25) is 0 Å². The number of nitrogens with one attached hydrogen (secondary N) is 1. The molecule has 2 heterocycles. The van der Waals surface area contributed by atoms with Crippen LogP contribution in [-0.4, -0.2) is 37.4 Å². The quantitative estimate of drug-likeness (QED) is 0.707. The van der Waals surface area contributed by atoms with Crippen molar-refractivity contribution in [1.82, 2.24) is 5.32 Å². The van der Waals surface area contributed by atoms with Crippen LogP contribution in [0.4, 0.5) is 0 Å². The second-order valence-electron chi connectivity index (χ2n) is 6.29. The molecule has 4 heteroatoms. The topological polar surface area (TPSA) is 47.6 Å². The van der Waals surface area contributed by atoms with Crippen LogP contribution in [0.2, 0.25) is 0 Å². The molecule has 1 atom stereocenters. The lowest BCUT2D eigenvalue weighted by molar-refractivity contribution is -0.165. The van der Waals surface area contributed by atoms with Gasteiger partial charge in [-0.2, -0.15) is 0 Å². The summed E-state index contributed by atoms with van der Waals surface area (Å²) in [4.78, 5) is 11.9. The summed E-state index contributed by atoms with van der Waals surface area (Å²) in [5.74, 6) is -0.201. The van der Waals surface area contributed by atoms with E-state index in [2.05, 4.69) is 5.32 Å². The Morgan fingerprint density at radius 1 is 1.35 bits per heavy atom. The van der Waals surface area contributed by atoms with Gasteiger partial charge in [0.25, 0.3) is 0 Å². The van der Waals surface area contributed by atoms with Gasteiger partial charge < -0.3 is 14.8 Å². The minimum atomic E-state index is -0.426. The molecule has 2 rings (SSSR count). The molecule has 1 N–H and O–H groups in total. The van der Waals surface area contributed by atoms with Gasteiger partial charge in [-0.05, 0) is 58.5 Å². The Morgan fingerprint density at radius 2 is 2.00 bits per heavy atom. The first-order chi connectivity index (χ1) is 7.90. The maximum absolute atomic E-state index is 11.9. The van der Waals surface area contributed by atoms with Gasteiger partial charge in [-0.1, -0.05) is 0 Å². The average molecular weight is 241 g/mol. The van der Waals surface area contributed by atoms with Crippen molar-refractivity contribution in [2.75, 3.05) is 19.7 Å².